The number of benzene rings is 2. The first-order valence-electron chi connectivity index (χ1n) is 10.7. The van der Waals surface area contributed by atoms with E-state index < -0.39 is 0 Å². The minimum absolute atomic E-state index is 0.237. The van der Waals surface area contributed by atoms with Gasteiger partial charge in [-0.2, -0.15) is 0 Å². The molecule has 0 N–H and O–H groups in total. The molecule has 0 spiro atoms. The molecule has 0 aliphatic heterocycles. The fourth-order valence-corrected chi connectivity index (χ4v) is 3.82. The molecule has 0 bridgehead atoms. The van der Waals surface area contributed by atoms with Crippen molar-refractivity contribution in [2.75, 3.05) is 33.2 Å². The first-order chi connectivity index (χ1) is 16.4. The fourth-order valence-electron chi connectivity index (χ4n) is 3.82. The third-order valence-electron chi connectivity index (χ3n) is 5.47. The predicted molar refractivity (Wildman–Crippen MR) is 128 cm³/mol. The van der Waals surface area contributed by atoms with Gasteiger partial charge in [-0.1, -0.05) is 0 Å². The Morgan fingerprint density at radius 1 is 1.03 bits per heavy atom. The van der Waals surface area contributed by atoms with Crippen LogP contribution in [0.3, 0.4) is 0 Å². The molecular formula is C26H26FN3O4. The van der Waals surface area contributed by atoms with Gasteiger partial charge >= 0.3 is 0 Å². The second-order valence-electron chi connectivity index (χ2n) is 8.01. The van der Waals surface area contributed by atoms with Crippen LogP contribution in [0.25, 0.3) is 10.9 Å². The highest BCUT2D eigenvalue weighted by molar-refractivity contribution is 5.97. The summed E-state index contributed by atoms with van der Waals surface area (Å²) in [5.41, 5.74) is 1.73. The summed E-state index contributed by atoms with van der Waals surface area (Å²) >= 11 is 0. The lowest BCUT2D eigenvalue weighted by Gasteiger charge is -2.26. The van der Waals surface area contributed by atoms with E-state index in [1.807, 2.05) is 31.1 Å². The molecule has 176 valence electrons. The highest BCUT2D eigenvalue weighted by Crippen LogP contribution is 2.29. The van der Waals surface area contributed by atoms with Crippen molar-refractivity contribution in [3.63, 3.8) is 0 Å². The van der Waals surface area contributed by atoms with Crippen LogP contribution in [0.1, 0.15) is 21.7 Å². The SMILES string of the molecule is COc1ccc(OC)c(C(=O)N(Cc2ccco2)Cc2cc3ccc(F)cc3nc2N(C)C)c1. The number of hydrogen-bond acceptors (Lipinski definition) is 6. The van der Waals surface area contributed by atoms with Crippen LogP contribution in [-0.2, 0) is 13.1 Å². The molecule has 8 heteroatoms. The lowest BCUT2D eigenvalue weighted by molar-refractivity contribution is 0.0714. The van der Waals surface area contributed by atoms with Gasteiger partial charge in [0, 0.05) is 31.1 Å². The van der Waals surface area contributed by atoms with Crippen molar-refractivity contribution in [2.45, 2.75) is 13.1 Å². The molecule has 0 saturated carbocycles. The van der Waals surface area contributed by atoms with Gasteiger partial charge in [0.2, 0.25) is 0 Å². The second kappa shape index (κ2) is 9.82. The topological polar surface area (TPSA) is 68.0 Å². The van der Waals surface area contributed by atoms with Crippen LogP contribution in [-0.4, -0.2) is 44.1 Å². The van der Waals surface area contributed by atoms with Crippen molar-refractivity contribution in [3.8, 4) is 11.5 Å². The number of methoxy groups -OCH3 is 2. The van der Waals surface area contributed by atoms with E-state index in [1.165, 1.54) is 19.2 Å². The van der Waals surface area contributed by atoms with Crippen molar-refractivity contribution in [1.82, 2.24) is 9.88 Å². The van der Waals surface area contributed by atoms with Crippen LogP contribution in [0.5, 0.6) is 11.5 Å². The molecule has 0 aliphatic carbocycles. The average Bonchev–Trinajstić information content (AvgIpc) is 3.35. The average molecular weight is 464 g/mol. The van der Waals surface area contributed by atoms with E-state index in [4.69, 9.17) is 13.9 Å². The van der Waals surface area contributed by atoms with Crippen LogP contribution in [0.15, 0.2) is 65.3 Å². The molecule has 0 aliphatic rings. The summed E-state index contributed by atoms with van der Waals surface area (Å²) in [6, 6.07) is 15.1. The molecule has 2 heterocycles. The Kier molecular flexibility index (Phi) is 6.67. The Morgan fingerprint density at radius 2 is 1.85 bits per heavy atom. The predicted octanol–water partition coefficient (Wildman–Crippen LogP) is 4.89. The van der Waals surface area contributed by atoms with Crippen molar-refractivity contribution in [2.24, 2.45) is 0 Å². The van der Waals surface area contributed by atoms with Gasteiger partial charge in [-0.15, -0.1) is 0 Å². The van der Waals surface area contributed by atoms with E-state index in [0.717, 1.165) is 10.9 Å². The number of carbonyl (C=O) groups is 1. The number of furan rings is 1. The number of ether oxygens (including phenoxy) is 2. The zero-order valence-electron chi connectivity index (χ0n) is 19.5. The van der Waals surface area contributed by atoms with Gasteiger partial charge in [0.15, 0.2) is 0 Å². The summed E-state index contributed by atoms with van der Waals surface area (Å²) in [6.07, 6.45) is 1.57. The van der Waals surface area contributed by atoms with Gasteiger partial charge < -0.3 is 23.7 Å². The van der Waals surface area contributed by atoms with Gasteiger partial charge in [-0.05, 0) is 48.5 Å². The normalized spacial score (nSPS) is 10.9. The Labute approximate surface area is 197 Å². The van der Waals surface area contributed by atoms with Crippen molar-refractivity contribution < 1.29 is 23.1 Å². The highest BCUT2D eigenvalue weighted by atomic mass is 19.1. The number of pyridine rings is 1. The molecule has 4 rings (SSSR count). The van der Waals surface area contributed by atoms with Crippen LogP contribution in [0.2, 0.25) is 0 Å². The summed E-state index contributed by atoms with van der Waals surface area (Å²) < 4.78 is 30.1. The quantitative estimate of drug-likeness (QED) is 0.371. The van der Waals surface area contributed by atoms with Crippen LogP contribution < -0.4 is 14.4 Å². The monoisotopic (exact) mass is 463 g/mol. The molecule has 7 nitrogen and oxygen atoms in total. The zero-order chi connectivity index (χ0) is 24.2. The molecule has 0 saturated heterocycles. The molecule has 34 heavy (non-hydrogen) atoms. The standard InChI is InChI=1S/C26H26FN3O4/c1-29(2)25-18(12-17-7-8-19(27)13-23(17)28-25)15-30(16-21-6-5-11-34-21)26(31)22-14-20(32-3)9-10-24(22)33-4/h5-14H,15-16H2,1-4H3. The summed E-state index contributed by atoms with van der Waals surface area (Å²) in [7, 11) is 6.79. The van der Waals surface area contributed by atoms with Crippen molar-refractivity contribution in [1.29, 1.82) is 0 Å². The number of nitrogens with zero attached hydrogens (tertiary/aromatic N) is 3. The third-order valence-corrected chi connectivity index (χ3v) is 5.47. The Balaban J connectivity index is 1.78. The highest BCUT2D eigenvalue weighted by Gasteiger charge is 2.24. The van der Waals surface area contributed by atoms with E-state index in [-0.39, 0.29) is 24.8 Å². The van der Waals surface area contributed by atoms with E-state index >= 15 is 0 Å². The first kappa shape index (κ1) is 23.1. The number of rotatable bonds is 8. The minimum atomic E-state index is -0.350. The Morgan fingerprint density at radius 3 is 2.53 bits per heavy atom. The van der Waals surface area contributed by atoms with Gasteiger partial charge in [-0.3, -0.25) is 4.79 Å². The Hall–Kier alpha value is -4.07. The molecule has 0 unspecified atom stereocenters. The molecule has 2 aromatic heterocycles. The Bertz CT molecular complexity index is 1310. The van der Waals surface area contributed by atoms with Crippen LogP contribution >= 0.6 is 0 Å². The second-order valence-corrected chi connectivity index (χ2v) is 8.01. The van der Waals surface area contributed by atoms with Crippen LogP contribution in [0.4, 0.5) is 10.2 Å². The van der Waals surface area contributed by atoms with E-state index in [9.17, 15) is 9.18 Å². The molecule has 0 atom stereocenters. The molecule has 1 amide bonds. The van der Waals surface area contributed by atoms with E-state index in [2.05, 4.69) is 4.98 Å². The number of hydrogen-bond donors (Lipinski definition) is 0. The van der Waals surface area contributed by atoms with Gasteiger partial charge in [0.1, 0.15) is 28.9 Å². The molecule has 0 radical (unpaired) electrons. The zero-order valence-corrected chi connectivity index (χ0v) is 19.5. The maximum Gasteiger partial charge on any atom is 0.258 e. The summed E-state index contributed by atoms with van der Waals surface area (Å²) in [6.45, 7) is 0.480. The first-order valence-corrected chi connectivity index (χ1v) is 10.7. The third kappa shape index (κ3) is 4.80. The minimum Gasteiger partial charge on any atom is -0.497 e. The summed E-state index contributed by atoms with van der Waals surface area (Å²) in [5, 5.41) is 0.784. The maximum atomic E-state index is 13.8. The fraction of sp³-hybridized carbons (Fsp3) is 0.231. The lowest BCUT2D eigenvalue weighted by Crippen LogP contribution is -2.31. The number of carbonyl (C=O) groups excluding carboxylic acids is 1. The number of halogens is 1. The molecule has 2 aromatic carbocycles. The van der Waals surface area contributed by atoms with Gasteiger partial charge in [0.25, 0.3) is 5.91 Å². The maximum absolute atomic E-state index is 13.8. The van der Waals surface area contributed by atoms with Crippen molar-refractivity contribution in [3.05, 3.63) is 83.6 Å². The molecular weight excluding hydrogens is 437 g/mol. The van der Waals surface area contributed by atoms with Crippen LogP contribution in [0, 0.1) is 5.82 Å². The largest absolute Gasteiger partial charge is 0.497 e. The van der Waals surface area contributed by atoms with E-state index in [0.29, 0.717) is 34.2 Å². The van der Waals surface area contributed by atoms with Gasteiger partial charge in [0.05, 0.1) is 44.7 Å². The molecule has 4 aromatic rings. The number of anilines is 1. The molecule has 0 fully saturated rings. The lowest BCUT2D eigenvalue weighted by atomic mass is 10.1. The van der Waals surface area contributed by atoms with Gasteiger partial charge in [-0.25, -0.2) is 9.37 Å². The number of amides is 1. The van der Waals surface area contributed by atoms with Crippen molar-refractivity contribution >= 4 is 22.6 Å². The summed E-state index contributed by atoms with van der Waals surface area (Å²) in [5.74, 6) is 1.67. The van der Waals surface area contributed by atoms with E-state index in [1.54, 1.807) is 48.6 Å². The summed E-state index contributed by atoms with van der Waals surface area (Å²) in [4.78, 5) is 21.9. The number of aromatic nitrogens is 1. The smallest absolute Gasteiger partial charge is 0.258 e. The number of fused-ring (bicyclic) bond motifs is 1.